The van der Waals surface area contributed by atoms with Crippen LogP contribution in [0.5, 0.6) is 11.5 Å². The van der Waals surface area contributed by atoms with Crippen LogP contribution in [0.1, 0.15) is 16.7 Å². The highest BCUT2D eigenvalue weighted by Gasteiger charge is 2.37. The van der Waals surface area contributed by atoms with Gasteiger partial charge in [-0.15, -0.1) is 6.58 Å². The van der Waals surface area contributed by atoms with Crippen molar-refractivity contribution in [2.75, 3.05) is 19.1 Å². The summed E-state index contributed by atoms with van der Waals surface area (Å²) in [5.74, 6) is -0.476. The molecule has 2 aromatic carbocycles. The Morgan fingerprint density at radius 3 is 2.48 bits per heavy atom. The minimum Gasteiger partial charge on any atom is -0.493 e. The van der Waals surface area contributed by atoms with Crippen LogP contribution in [0.15, 0.2) is 53.0 Å². The molecule has 0 unspecified atom stereocenters. The molecule has 0 aromatic heterocycles. The van der Waals surface area contributed by atoms with E-state index in [4.69, 9.17) is 9.47 Å². The fourth-order valence-corrected chi connectivity index (χ4v) is 3.53. The van der Waals surface area contributed by atoms with Crippen molar-refractivity contribution in [1.82, 2.24) is 5.32 Å². The third-order valence-corrected chi connectivity index (χ3v) is 5.64. The molecule has 0 spiro atoms. The van der Waals surface area contributed by atoms with Gasteiger partial charge in [0.05, 0.1) is 19.9 Å². The van der Waals surface area contributed by atoms with Crippen molar-refractivity contribution < 1.29 is 23.9 Å². The Morgan fingerprint density at radius 2 is 1.87 bits per heavy atom. The second-order valence-electron chi connectivity index (χ2n) is 6.80. The number of carbonyl (C=O) groups excluding carboxylic acids is 3. The fraction of sp³-hybridized carbons (Fsp3) is 0.174. The minimum absolute atomic E-state index is 0.169. The van der Waals surface area contributed by atoms with Gasteiger partial charge < -0.3 is 9.47 Å². The van der Waals surface area contributed by atoms with Crippen LogP contribution in [-0.2, 0) is 16.0 Å². The SMILES string of the molecule is C=CCc1cc(/C=C2\C(=O)NC(=O)N(c3ccc(Br)c(C)c3)C2=O)cc(OC)c1OC. The number of carbonyl (C=O) groups is 3. The third-order valence-electron chi connectivity index (χ3n) is 4.75. The van der Waals surface area contributed by atoms with Crippen LogP contribution < -0.4 is 19.7 Å². The van der Waals surface area contributed by atoms with Crippen LogP contribution in [0.2, 0.25) is 0 Å². The lowest BCUT2D eigenvalue weighted by Gasteiger charge is -2.26. The smallest absolute Gasteiger partial charge is 0.335 e. The molecule has 31 heavy (non-hydrogen) atoms. The van der Waals surface area contributed by atoms with Crippen molar-refractivity contribution in [3.05, 3.63) is 69.7 Å². The van der Waals surface area contributed by atoms with Gasteiger partial charge in [0.25, 0.3) is 11.8 Å². The van der Waals surface area contributed by atoms with Crippen LogP contribution in [0, 0.1) is 6.92 Å². The zero-order valence-electron chi connectivity index (χ0n) is 17.3. The molecule has 1 aliphatic heterocycles. The lowest BCUT2D eigenvalue weighted by atomic mass is 10.0. The van der Waals surface area contributed by atoms with E-state index in [-0.39, 0.29) is 5.57 Å². The molecule has 4 amide bonds. The zero-order chi connectivity index (χ0) is 22.7. The molecule has 0 atom stereocenters. The molecule has 0 radical (unpaired) electrons. The average Bonchev–Trinajstić information content (AvgIpc) is 2.73. The van der Waals surface area contributed by atoms with Crippen molar-refractivity contribution in [2.45, 2.75) is 13.3 Å². The van der Waals surface area contributed by atoms with Crippen LogP contribution in [0.3, 0.4) is 0 Å². The number of barbiturate groups is 1. The molecule has 0 aliphatic carbocycles. The second-order valence-corrected chi connectivity index (χ2v) is 7.65. The fourth-order valence-electron chi connectivity index (χ4n) is 3.28. The zero-order valence-corrected chi connectivity index (χ0v) is 18.9. The third kappa shape index (κ3) is 4.39. The van der Waals surface area contributed by atoms with Gasteiger partial charge in [0, 0.05) is 10.0 Å². The summed E-state index contributed by atoms with van der Waals surface area (Å²) in [6.07, 6.45) is 3.64. The topological polar surface area (TPSA) is 84.9 Å². The first kappa shape index (κ1) is 22.3. The summed E-state index contributed by atoms with van der Waals surface area (Å²) in [7, 11) is 3.03. The molecule has 1 N–H and O–H groups in total. The van der Waals surface area contributed by atoms with E-state index in [9.17, 15) is 14.4 Å². The van der Waals surface area contributed by atoms with E-state index in [0.717, 1.165) is 20.5 Å². The molecular weight excluding hydrogens is 464 g/mol. The van der Waals surface area contributed by atoms with Crippen LogP contribution in [-0.4, -0.2) is 32.1 Å². The van der Waals surface area contributed by atoms with E-state index in [1.54, 1.807) is 36.4 Å². The number of nitrogens with one attached hydrogen (secondary N) is 1. The lowest BCUT2D eigenvalue weighted by molar-refractivity contribution is -0.122. The molecular formula is C23H21BrN2O5. The molecule has 2 aromatic rings. The van der Waals surface area contributed by atoms with Gasteiger partial charge in [-0.25, -0.2) is 9.69 Å². The predicted octanol–water partition coefficient (Wildman–Crippen LogP) is 4.17. The van der Waals surface area contributed by atoms with Crippen molar-refractivity contribution in [3.63, 3.8) is 0 Å². The van der Waals surface area contributed by atoms with Gasteiger partial charge in [-0.05, 0) is 60.9 Å². The van der Waals surface area contributed by atoms with E-state index in [2.05, 4.69) is 27.8 Å². The Hall–Kier alpha value is -3.39. The highest BCUT2D eigenvalue weighted by atomic mass is 79.9. The normalized spacial score (nSPS) is 15.2. The number of anilines is 1. The van der Waals surface area contributed by atoms with Crippen molar-refractivity contribution in [1.29, 1.82) is 0 Å². The van der Waals surface area contributed by atoms with Gasteiger partial charge in [0.2, 0.25) is 0 Å². The van der Waals surface area contributed by atoms with Gasteiger partial charge in [0.15, 0.2) is 11.5 Å². The number of aryl methyl sites for hydroxylation is 1. The molecule has 160 valence electrons. The summed E-state index contributed by atoms with van der Waals surface area (Å²) in [6.45, 7) is 5.58. The molecule has 1 fully saturated rings. The van der Waals surface area contributed by atoms with Gasteiger partial charge >= 0.3 is 6.03 Å². The van der Waals surface area contributed by atoms with Crippen molar-refractivity contribution >= 4 is 45.5 Å². The van der Waals surface area contributed by atoms with E-state index in [0.29, 0.717) is 29.2 Å². The lowest BCUT2D eigenvalue weighted by Crippen LogP contribution is -2.54. The number of imide groups is 2. The Kier molecular flexibility index (Phi) is 6.60. The maximum absolute atomic E-state index is 13.1. The molecule has 1 aliphatic rings. The number of rotatable bonds is 6. The average molecular weight is 485 g/mol. The number of ether oxygens (including phenoxy) is 2. The predicted molar refractivity (Wildman–Crippen MR) is 121 cm³/mol. The Morgan fingerprint density at radius 1 is 1.13 bits per heavy atom. The summed E-state index contributed by atoms with van der Waals surface area (Å²) in [5, 5.41) is 2.23. The summed E-state index contributed by atoms with van der Waals surface area (Å²) in [5.41, 5.74) is 2.37. The largest absolute Gasteiger partial charge is 0.493 e. The first-order valence-electron chi connectivity index (χ1n) is 9.34. The molecule has 0 saturated carbocycles. The number of hydrogen-bond acceptors (Lipinski definition) is 5. The number of halogens is 1. The summed E-state index contributed by atoms with van der Waals surface area (Å²) in [4.78, 5) is 39.0. The minimum atomic E-state index is -0.798. The Bertz CT molecular complexity index is 1120. The number of benzene rings is 2. The molecule has 1 saturated heterocycles. The maximum atomic E-state index is 13.1. The number of hydrogen-bond donors (Lipinski definition) is 1. The standard InChI is InChI=1S/C23H21BrN2O5/c1-5-6-15-10-14(12-19(30-3)20(15)31-4)11-17-21(27)25-23(29)26(22(17)28)16-7-8-18(24)13(2)9-16/h5,7-12H,1,6H2,2-4H3,(H,25,27,29)/b17-11+. The number of urea groups is 1. The van der Waals surface area contributed by atoms with Crippen LogP contribution >= 0.6 is 15.9 Å². The number of methoxy groups -OCH3 is 2. The monoisotopic (exact) mass is 484 g/mol. The molecule has 0 bridgehead atoms. The van der Waals surface area contributed by atoms with Gasteiger partial charge in [-0.1, -0.05) is 22.0 Å². The number of nitrogens with zero attached hydrogens (tertiary/aromatic N) is 1. The van der Waals surface area contributed by atoms with Gasteiger partial charge in [-0.2, -0.15) is 0 Å². The number of amides is 4. The molecule has 1 heterocycles. The van der Waals surface area contributed by atoms with Crippen molar-refractivity contribution in [2.24, 2.45) is 0 Å². The first-order chi connectivity index (χ1) is 14.8. The Labute approximate surface area is 188 Å². The Balaban J connectivity index is 2.08. The van der Waals surface area contributed by atoms with Crippen molar-refractivity contribution in [3.8, 4) is 11.5 Å². The first-order valence-corrected chi connectivity index (χ1v) is 10.1. The summed E-state index contributed by atoms with van der Waals surface area (Å²) >= 11 is 3.40. The van der Waals surface area contributed by atoms with Gasteiger partial charge in [-0.3, -0.25) is 14.9 Å². The van der Waals surface area contributed by atoms with E-state index < -0.39 is 17.8 Å². The van der Waals surface area contributed by atoms with Crippen LogP contribution in [0.4, 0.5) is 10.5 Å². The second kappa shape index (κ2) is 9.18. The van der Waals surface area contributed by atoms with E-state index in [1.165, 1.54) is 20.3 Å². The molecule has 7 nitrogen and oxygen atoms in total. The van der Waals surface area contributed by atoms with E-state index in [1.807, 2.05) is 6.92 Å². The summed E-state index contributed by atoms with van der Waals surface area (Å²) in [6, 6.07) is 7.69. The highest BCUT2D eigenvalue weighted by molar-refractivity contribution is 9.10. The quantitative estimate of drug-likeness (QED) is 0.377. The summed E-state index contributed by atoms with van der Waals surface area (Å²) < 4.78 is 11.7. The number of allylic oxidation sites excluding steroid dienone is 1. The molecule has 8 heteroatoms. The maximum Gasteiger partial charge on any atom is 0.335 e. The highest BCUT2D eigenvalue weighted by Crippen LogP contribution is 2.34. The van der Waals surface area contributed by atoms with Gasteiger partial charge in [0.1, 0.15) is 5.57 Å². The van der Waals surface area contributed by atoms with Crippen LogP contribution in [0.25, 0.3) is 6.08 Å². The van der Waals surface area contributed by atoms with E-state index >= 15 is 0 Å². The molecule has 3 rings (SSSR count).